The Morgan fingerprint density at radius 1 is 1.50 bits per heavy atom. The van der Waals surface area contributed by atoms with Crippen LogP contribution in [0.3, 0.4) is 0 Å². The van der Waals surface area contributed by atoms with Crippen LogP contribution in [0.5, 0.6) is 0 Å². The van der Waals surface area contributed by atoms with Gasteiger partial charge in [-0.25, -0.2) is 13.4 Å². The van der Waals surface area contributed by atoms with Crippen LogP contribution in [0.25, 0.3) is 0 Å². The molecule has 1 saturated heterocycles. The minimum atomic E-state index is -3.33. The number of rotatable bonds is 3. The number of carbonyl (C=O) groups excluding carboxylic acids is 1. The van der Waals surface area contributed by atoms with Gasteiger partial charge in [-0.05, 0) is 12.8 Å². The van der Waals surface area contributed by atoms with Crippen molar-refractivity contribution in [2.45, 2.75) is 23.7 Å². The molecule has 1 aliphatic rings. The Kier molecular flexibility index (Phi) is 4.00. The molecule has 118 valence electrons. The highest BCUT2D eigenvalue weighted by atomic mass is 32.2. The predicted octanol–water partition coefficient (Wildman–Crippen LogP) is 1.29. The van der Waals surface area contributed by atoms with Gasteiger partial charge in [-0.1, -0.05) is 0 Å². The molecule has 22 heavy (non-hydrogen) atoms. The number of hydrogen-bond donors (Lipinski definition) is 1. The summed E-state index contributed by atoms with van der Waals surface area (Å²) in [5.41, 5.74) is 2.67. The van der Waals surface area contributed by atoms with Crippen molar-refractivity contribution < 1.29 is 13.2 Å². The summed E-state index contributed by atoms with van der Waals surface area (Å²) < 4.78 is 23.6. The lowest BCUT2D eigenvalue weighted by Gasteiger charge is -2.32. The van der Waals surface area contributed by atoms with E-state index in [2.05, 4.69) is 15.2 Å². The second kappa shape index (κ2) is 5.81. The van der Waals surface area contributed by atoms with Gasteiger partial charge < -0.3 is 4.90 Å². The van der Waals surface area contributed by atoms with E-state index in [0.717, 1.165) is 12.8 Å². The van der Waals surface area contributed by atoms with E-state index < -0.39 is 9.84 Å². The minimum absolute atomic E-state index is 0.0523. The first-order valence-electron chi connectivity index (χ1n) is 6.87. The molecule has 1 unspecified atom stereocenters. The normalized spacial score (nSPS) is 19.3. The number of nitrogens with one attached hydrogen (secondary N) is 1. The molecule has 2 aromatic rings. The highest BCUT2D eigenvalue weighted by Crippen LogP contribution is 2.30. The van der Waals surface area contributed by atoms with Crippen molar-refractivity contribution in [2.24, 2.45) is 0 Å². The van der Waals surface area contributed by atoms with E-state index in [9.17, 15) is 13.2 Å². The molecule has 7 nitrogen and oxygen atoms in total. The number of aromatic amines is 1. The first kappa shape index (κ1) is 15.2. The van der Waals surface area contributed by atoms with Crippen LogP contribution in [-0.4, -0.2) is 53.8 Å². The smallest absolute Gasteiger partial charge is 0.273 e. The Morgan fingerprint density at radius 3 is 3.00 bits per heavy atom. The zero-order valence-electron chi connectivity index (χ0n) is 12.0. The number of likely N-dealkylation sites (tertiary alicyclic amines) is 1. The zero-order valence-corrected chi connectivity index (χ0v) is 13.7. The number of aromatic nitrogens is 3. The summed E-state index contributed by atoms with van der Waals surface area (Å²) in [6.07, 6.45) is 4.16. The number of H-pyrrole nitrogens is 1. The monoisotopic (exact) mass is 340 g/mol. The molecular formula is C13H16N4O3S2. The summed E-state index contributed by atoms with van der Waals surface area (Å²) in [7, 11) is -3.33. The van der Waals surface area contributed by atoms with E-state index >= 15 is 0 Å². The maximum Gasteiger partial charge on any atom is 0.273 e. The van der Waals surface area contributed by atoms with E-state index in [1.807, 2.05) is 0 Å². The van der Waals surface area contributed by atoms with E-state index in [4.69, 9.17) is 0 Å². The minimum Gasteiger partial charge on any atom is -0.337 e. The first-order valence-corrected chi connectivity index (χ1v) is 9.71. The van der Waals surface area contributed by atoms with E-state index in [0.29, 0.717) is 24.5 Å². The Bertz CT molecular complexity index is 767. The third-order valence-electron chi connectivity index (χ3n) is 3.80. The molecule has 3 heterocycles. The molecule has 1 amide bonds. The molecular weight excluding hydrogens is 324 g/mol. The summed E-state index contributed by atoms with van der Waals surface area (Å²) in [5.74, 6) is -0.157. The highest BCUT2D eigenvalue weighted by molar-refractivity contribution is 7.90. The number of nitrogens with zero attached hydrogens (tertiary/aromatic N) is 3. The van der Waals surface area contributed by atoms with Gasteiger partial charge in [-0.3, -0.25) is 9.89 Å². The van der Waals surface area contributed by atoms with Crippen molar-refractivity contribution in [1.82, 2.24) is 20.1 Å². The van der Waals surface area contributed by atoms with E-state index in [-0.39, 0.29) is 16.7 Å². The Morgan fingerprint density at radius 2 is 2.32 bits per heavy atom. The predicted molar refractivity (Wildman–Crippen MR) is 81.7 cm³/mol. The first-order chi connectivity index (χ1) is 10.5. The maximum absolute atomic E-state index is 12.4. The lowest BCUT2D eigenvalue weighted by Crippen LogP contribution is -2.39. The van der Waals surface area contributed by atoms with Gasteiger partial charge in [0.15, 0.2) is 9.84 Å². The number of carbonyl (C=O) groups is 1. The van der Waals surface area contributed by atoms with Gasteiger partial charge in [0.2, 0.25) is 0 Å². The summed E-state index contributed by atoms with van der Waals surface area (Å²) in [5, 5.41) is 8.39. The van der Waals surface area contributed by atoms with Crippen molar-refractivity contribution in [3.8, 4) is 0 Å². The number of piperidine rings is 1. The topological polar surface area (TPSA) is 96.0 Å². The molecule has 9 heteroatoms. The van der Waals surface area contributed by atoms with Crippen LogP contribution in [0, 0.1) is 0 Å². The van der Waals surface area contributed by atoms with Crippen LogP contribution >= 0.6 is 11.3 Å². The molecule has 2 aromatic heterocycles. The average molecular weight is 340 g/mol. The lowest BCUT2D eigenvalue weighted by atomic mass is 9.94. The molecule has 0 bridgehead atoms. The molecule has 0 aliphatic carbocycles. The lowest BCUT2D eigenvalue weighted by molar-refractivity contribution is 0.0700. The molecule has 0 saturated carbocycles. The second-order valence-corrected chi connectivity index (χ2v) is 8.09. The van der Waals surface area contributed by atoms with Crippen LogP contribution in [0.1, 0.15) is 34.9 Å². The highest BCUT2D eigenvalue weighted by Gasteiger charge is 2.30. The molecule has 1 fully saturated rings. The number of amides is 1. The molecule has 0 aromatic carbocycles. The number of sulfone groups is 1. The quantitative estimate of drug-likeness (QED) is 0.908. The Labute approximate surface area is 132 Å². The molecule has 1 atom stereocenters. The van der Waals surface area contributed by atoms with Gasteiger partial charge in [0.1, 0.15) is 10.6 Å². The SMILES string of the molecule is CS(=O)(=O)c1cn[nH]c1C1CCCN(C(=O)c2cscn2)C1. The largest absolute Gasteiger partial charge is 0.337 e. The number of hydrogen-bond acceptors (Lipinski definition) is 6. The van der Waals surface area contributed by atoms with Crippen molar-refractivity contribution in [1.29, 1.82) is 0 Å². The second-order valence-electron chi connectivity index (χ2n) is 5.38. The number of thiazole rings is 1. The summed E-state index contributed by atoms with van der Waals surface area (Å²) in [6.45, 7) is 1.14. The van der Waals surface area contributed by atoms with Crippen LogP contribution in [0.2, 0.25) is 0 Å². The summed E-state index contributed by atoms with van der Waals surface area (Å²) in [4.78, 5) is 18.4. The molecule has 1 N–H and O–H groups in total. The van der Waals surface area contributed by atoms with Crippen LogP contribution in [0.4, 0.5) is 0 Å². The van der Waals surface area contributed by atoms with Gasteiger partial charge in [0, 0.05) is 30.6 Å². The summed E-state index contributed by atoms with van der Waals surface area (Å²) in [6, 6.07) is 0. The van der Waals surface area contributed by atoms with Gasteiger partial charge in [-0.15, -0.1) is 11.3 Å². The van der Waals surface area contributed by atoms with Gasteiger partial charge >= 0.3 is 0 Å². The molecule has 0 radical (unpaired) electrons. The van der Waals surface area contributed by atoms with Crippen LogP contribution in [0.15, 0.2) is 22.0 Å². The van der Waals surface area contributed by atoms with Gasteiger partial charge in [0.05, 0.1) is 17.4 Å². The fourth-order valence-electron chi connectivity index (χ4n) is 2.75. The standard InChI is InChI=1S/C13H16N4O3S2/c1-22(19,20)11-5-15-16-12(11)9-3-2-4-17(6-9)13(18)10-7-21-8-14-10/h5,7-9H,2-4,6H2,1H3,(H,15,16). The van der Waals surface area contributed by atoms with Gasteiger partial charge in [0.25, 0.3) is 5.91 Å². The molecule has 3 rings (SSSR count). The van der Waals surface area contributed by atoms with Crippen LogP contribution < -0.4 is 0 Å². The van der Waals surface area contributed by atoms with Crippen LogP contribution in [-0.2, 0) is 9.84 Å². The average Bonchev–Trinajstić information content (AvgIpc) is 3.17. The van der Waals surface area contributed by atoms with Crippen molar-refractivity contribution in [3.63, 3.8) is 0 Å². The van der Waals surface area contributed by atoms with Gasteiger partial charge in [-0.2, -0.15) is 5.10 Å². The molecule has 0 spiro atoms. The third kappa shape index (κ3) is 2.91. The van der Waals surface area contributed by atoms with Crippen molar-refractivity contribution >= 4 is 27.1 Å². The Hall–Kier alpha value is -1.74. The van der Waals surface area contributed by atoms with Crippen molar-refractivity contribution in [3.05, 3.63) is 28.5 Å². The maximum atomic E-state index is 12.4. The summed E-state index contributed by atoms with van der Waals surface area (Å²) >= 11 is 1.38. The van der Waals surface area contributed by atoms with Crippen molar-refractivity contribution in [2.75, 3.05) is 19.3 Å². The zero-order chi connectivity index (χ0) is 15.7. The fourth-order valence-corrected chi connectivity index (χ4v) is 4.13. The third-order valence-corrected chi connectivity index (χ3v) is 5.51. The van der Waals surface area contributed by atoms with E-state index in [1.54, 1.807) is 15.8 Å². The fraction of sp³-hybridized carbons (Fsp3) is 0.462. The molecule has 1 aliphatic heterocycles. The Balaban J connectivity index is 1.82. The van der Waals surface area contributed by atoms with E-state index in [1.165, 1.54) is 23.8 Å².